The van der Waals surface area contributed by atoms with Crippen LogP contribution in [-0.4, -0.2) is 16.5 Å². The van der Waals surface area contributed by atoms with E-state index in [-0.39, 0.29) is 0 Å². The first-order valence-electron chi connectivity index (χ1n) is 7.00. The molecular weight excluding hydrogens is 262 g/mol. The van der Waals surface area contributed by atoms with E-state index in [0.717, 1.165) is 28.5 Å². The largest absolute Gasteiger partial charge is 0.495 e. The summed E-state index contributed by atoms with van der Waals surface area (Å²) in [6.45, 7) is 4.80. The number of methoxy groups -OCH3 is 1. The molecule has 0 aliphatic carbocycles. The number of aromatic nitrogens is 2. The van der Waals surface area contributed by atoms with Crippen LogP contribution in [0.15, 0.2) is 42.6 Å². The Bertz CT molecular complexity index is 777. The van der Waals surface area contributed by atoms with E-state index in [9.17, 15) is 0 Å². The van der Waals surface area contributed by atoms with Gasteiger partial charge in [-0.25, -0.2) is 4.98 Å². The molecule has 0 radical (unpaired) electrons. The summed E-state index contributed by atoms with van der Waals surface area (Å²) in [5.74, 6) is 0.862. The van der Waals surface area contributed by atoms with Crippen LogP contribution in [-0.2, 0) is 6.54 Å². The molecule has 3 aromatic rings. The number of ether oxygens (including phenoxy) is 1. The van der Waals surface area contributed by atoms with Gasteiger partial charge in [0.1, 0.15) is 11.4 Å². The van der Waals surface area contributed by atoms with Crippen LogP contribution in [0.25, 0.3) is 5.65 Å². The van der Waals surface area contributed by atoms with Gasteiger partial charge in [0, 0.05) is 6.20 Å². The van der Waals surface area contributed by atoms with Gasteiger partial charge in [-0.1, -0.05) is 12.1 Å². The molecule has 4 heteroatoms. The van der Waals surface area contributed by atoms with Crippen LogP contribution >= 0.6 is 0 Å². The normalized spacial score (nSPS) is 10.8. The molecule has 0 fully saturated rings. The van der Waals surface area contributed by atoms with Crippen molar-refractivity contribution in [2.24, 2.45) is 0 Å². The average Bonchev–Trinajstić information content (AvgIpc) is 2.81. The van der Waals surface area contributed by atoms with E-state index >= 15 is 0 Å². The number of nitrogens with one attached hydrogen (secondary N) is 1. The van der Waals surface area contributed by atoms with Crippen LogP contribution in [0.2, 0.25) is 0 Å². The highest BCUT2D eigenvalue weighted by Gasteiger charge is 2.09. The molecule has 108 valence electrons. The van der Waals surface area contributed by atoms with Gasteiger partial charge in [0.05, 0.1) is 30.7 Å². The van der Waals surface area contributed by atoms with E-state index < -0.39 is 0 Å². The molecular formula is C17H19N3O. The Balaban J connectivity index is 1.88. The van der Waals surface area contributed by atoms with Gasteiger partial charge < -0.3 is 14.5 Å². The topological polar surface area (TPSA) is 38.6 Å². The molecule has 0 atom stereocenters. The second kappa shape index (κ2) is 5.48. The van der Waals surface area contributed by atoms with Crippen molar-refractivity contribution in [1.82, 2.24) is 9.38 Å². The summed E-state index contributed by atoms with van der Waals surface area (Å²) in [5, 5.41) is 3.44. The third-order valence-corrected chi connectivity index (χ3v) is 3.63. The highest BCUT2D eigenvalue weighted by atomic mass is 16.5. The highest BCUT2D eigenvalue weighted by Crippen LogP contribution is 2.26. The van der Waals surface area contributed by atoms with Crippen LogP contribution in [0.3, 0.4) is 0 Å². The molecule has 0 aliphatic rings. The number of nitrogens with zero attached hydrogens (tertiary/aromatic N) is 2. The average molecular weight is 281 g/mol. The second-order valence-corrected chi connectivity index (χ2v) is 5.13. The van der Waals surface area contributed by atoms with Crippen molar-refractivity contribution < 1.29 is 4.74 Å². The van der Waals surface area contributed by atoms with Gasteiger partial charge >= 0.3 is 0 Å². The first kappa shape index (κ1) is 13.5. The van der Waals surface area contributed by atoms with Gasteiger partial charge in [0.25, 0.3) is 0 Å². The standard InChI is InChI=1S/C17H19N3O/c1-12-7-8-14(16(10-12)21-3)18-11-15-13(2)19-17-6-4-5-9-20(15)17/h4-10,18H,11H2,1-3H3. The van der Waals surface area contributed by atoms with E-state index in [1.54, 1.807) is 7.11 Å². The summed E-state index contributed by atoms with van der Waals surface area (Å²) in [4.78, 5) is 4.57. The van der Waals surface area contributed by atoms with Crippen LogP contribution in [0.1, 0.15) is 17.0 Å². The van der Waals surface area contributed by atoms with E-state index in [0.29, 0.717) is 6.54 Å². The Morgan fingerprint density at radius 1 is 1.19 bits per heavy atom. The number of rotatable bonds is 4. The third kappa shape index (κ3) is 2.57. The number of pyridine rings is 1. The number of fused-ring (bicyclic) bond motifs is 1. The van der Waals surface area contributed by atoms with Crippen LogP contribution in [0.5, 0.6) is 5.75 Å². The second-order valence-electron chi connectivity index (χ2n) is 5.13. The molecule has 4 nitrogen and oxygen atoms in total. The lowest BCUT2D eigenvalue weighted by atomic mass is 10.2. The van der Waals surface area contributed by atoms with Crippen molar-refractivity contribution in [2.45, 2.75) is 20.4 Å². The lowest BCUT2D eigenvalue weighted by Crippen LogP contribution is -2.05. The molecule has 1 N–H and O–H groups in total. The number of hydrogen-bond donors (Lipinski definition) is 1. The summed E-state index contributed by atoms with van der Waals surface area (Å²) in [5.41, 5.74) is 5.35. The lowest BCUT2D eigenvalue weighted by molar-refractivity contribution is 0.416. The maximum Gasteiger partial charge on any atom is 0.142 e. The number of anilines is 1. The Kier molecular flexibility index (Phi) is 3.52. The van der Waals surface area contributed by atoms with Gasteiger partial charge in [-0.15, -0.1) is 0 Å². The van der Waals surface area contributed by atoms with Gasteiger partial charge in [-0.05, 0) is 43.7 Å². The molecule has 0 spiro atoms. The fourth-order valence-corrected chi connectivity index (χ4v) is 2.50. The molecule has 0 saturated carbocycles. The summed E-state index contributed by atoms with van der Waals surface area (Å²) in [6, 6.07) is 12.2. The molecule has 21 heavy (non-hydrogen) atoms. The summed E-state index contributed by atoms with van der Waals surface area (Å²) in [7, 11) is 1.69. The molecule has 0 amide bonds. The van der Waals surface area contributed by atoms with E-state index in [1.165, 1.54) is 5.56 Å². The van der Waals surface area contributed by atoms with Gasteiger partial charge in [0.2, 0.25) is 0 Å². The summed E-state index contributed by atoms with van der Waals surface area (Å²) >= 11 is 0. The van der Waals surface area contributed by atoms with Crippen molar-refractivity contribution in [3.63, 3.8) is 0 Å². The van der Waals surface area contributed by atoms with Crippen molar-refractivity contribution in [2.75, 3.05) is 12.4 Å². The van der Waals surface area contributed by atoms with E-state index in [4.69, 9.17) is 4.74 Å². The smallest absolute Gasteiger partial charge is 0.142 e. The maximum atomic E-state index is 5.43. The molecule has 1 aromatic carbocycles. The molecule has 2 aromatic heterocycles. The zero-order chi connectivity index (χ0) is 14.8. The SMILES string of the molecule is COc1cc(C)ccc1NCc1c(C)nc2ccccn12. The molecule has 3 rings (SSSR count). The number of benzene rings is 1. The van der Waals surface area contributed by atoms with Crippen molar-refractivity contribution in [3.05, 3.63) is 59.5 Å². The maximum absolute atomic E-state index is 5.43. The van der Waals surface area contributed by atoms with Crippen LogP contribution < -0.4 is 10.1 Å². The summed E-state index contributed by atoms with van der Waals surface area (Å²) < 4.78 is 7.54. The summed E-state index contributed by atoms with van der Waals surface area (Å²) in [6.07, 6.45) is 2.04. The van der Waals surface area contributed by atoms with Gasteiger partial charge in [0.15, 0.2) is 0 Å². The van der Waals surface area contributed by atoms with E-state index in [1.807, 2.05) is 43.5 Å². The van der Waals surface area contributed by atoms with Crippen molar-refractivity contribution in [3.8, 4) is 5.75 Å². The zero-order valence-electron chi connectivity index (χ0n) is 12.6. The van der Waals surface area contributed by atoms with Crippen molar-refractivity contribution >= 4 is 11.3 Å². The number of imidazole rings is 1. The first-order chi connectivity index (χ1) is 10.2. The predicted octanol–water partition coefficient (Wildman–Crippen LogP) is 3.57. The Labute approximate surface area is 124 Å². The monoisotopic (exact) mass is 281 g/mol. The molecule has 0 bridgehead atoms. The minimum Gasteiger partial charge on any atom is -0.495 e. The number of aryl methyl sites for hydroxylation is 2. The fraction of sp³-hybridized carbons (Fsp3) is 0.235. The molecule has 0 aliphatic heterocycles. The molecule has 0 unspecified atom stereocenters. The van der Waals surface area contributed by atoms with Gasteiger partial charge in [-0.3, -0.25) is 0 Å². The zero-order valence-corrected chi connectivity index (χ0v) is 12.6. The Morgan fingerprint density at radius 2 is 2.05 bits per heavy atom. The predicted molar refractivity (Wildman–Crippen MR) is 85.0 cm³/mol. The van der Waals surface area contributed by atoms with Crippen molar-refractivity contribution in [1.29, 1.82) is 0 Å². The number of hydrogen-bond acceptors (Lipinski definition) is 3. The lowest BCUT2D eigenvalue weighted by Gasteiger charge is -2.12. The van der Waals surface area contributed by atoms with Crippen LogP contribution in [0.4, 0.5) is 5.69 Å². The van der Waals surface area contributed by atoms with Gasteiger partial charge in [-0.2, -0.15) is 0 Å². The van der Waals surface area contributed by atoms with E-state index in [2.05, 4.69) is 27.7 Å². The minimum absolute atomic E-state index is 0.705. The minimum atomic E-state index is 0.705. The highest BCUT2D eigenvalue weighted by molar-refractivity contribution is 5.58. The third-order valence-electron chi connectivity index (χ3n) is 3.63. The Morgan fingerprint density at radius 3 is 2.86 bits per heavy atom. The van der Waals surface area contributed by atoms with Crippen LogP contribution in [0, 0.1) is 13.8 Å². The fourth-order valence-electron chi connectivity index (χ4n) is 2.50. The quantitative estimate of drug-likeness (QED) is 0.794. The molecule has 2 heterocycles. The Hall–Kier alpha value is -2.49. The first-order valence-corrected chi connectivity index (χ1v) is 7.00. The molecule has 0 saturated heterocycles.